The van der Waals surface area contributed by atoms with Gasteiger partial charge in [0.05, 0.1) is 40.0 Å². The summed E-state index contributed by atoms with van der Waals surface area (Å²) in [5.41, 5.74) is -0.588. The highest BCUT2D eigenvalue weighted by Gasteiger charge is 2.36. The molecule has 0 bridgehead atoms. The Hall–Kier alpha value is -2.43. The highest BCUT2D eigenvalue weighted by molar-refractivity contribution is 7.91. The number of benzene rings is 2. The monoisotopic (exact) mass is 541 g/mol. The SMILES string of the molecule is CCS(=O)(=O)c1ccc(Cl)cc1Cn1cnc2c(C)c(CN3CCCCC3)c(C(F)(F)F)cc2c1=O. The van der Waals surface area contributed by atoms with Crippen molar-refractivity contribution < 1.29 is 21.6 Å². The number of hydrogen-bond acceptors (Lipinski definition) is 5. The quantitative estimate of drug-likeness (QED) is 0.429. The third kappa shape index (κ3) is 5.31. The van der Waals surface area contributed by atoms with Gasteiger partial charge >= 0.3 is 6.18 Å². The fourth-order valence-corrected chi connectivity index (χ4v) is 6.04. The van der Waals surface area contributed by atoms with Crippen LogP contribution in [-0.2, 0) is 29.1 Å². The molecule has 4 rings (SSSR count). The Morgan fingerprint density at radius 2 is 1.78 bits per heavy atom. The molecule has 2 heterocycles. The van der Waals surface area contributed by atoms with Crippen molar-refractivity contribution in [2.24, 2.45) is 0 Å². The Morgan fingerprint density at radius 3 is 2.42 bits per heavy atom. The van der Waals surface area contributed by atoms with Gasteiger partial charge in [0.1, 0.15) is 0 Å². The second-order valence-corrected chi connectivity index (χ2v) is 11.8. The van der Waals surface area contributed by atoms with Gasteiger partial charge in [0.15, 0.2) is 9.84 Å². The van der Waals surface area contributed by atoms with Crippen LogP contribution in [0.5, 0.6) is 0 Å². The van der Waals surface area contributed by atoms with Crippen LogP contribution in [0.3, 0.4) is 0 Å². The summed E-state index contributed by atoms with van der Waals surface area (Å²) in [4.78, 5) is 19.7. The molecule has 0 aliphatic carbocycles. The molecular formula is C25H27ClF3N3O3S. The van der Waals surface area contributed by atoms with Crippen LogP contribution in [0.4, 0.5) is 13.2 Å². The van der Waals surface area contributed by atoms with E-state index >= 15 is 0 Å². The summed E-state index contributed by atoms with van der Waals surface area (Å²) in [6, 6.07) is 5.14. The molecule has 0 radical (unpaired) electrons. The number of halogens is 4. The Balaban J connectivity index is 1.84. The van der Waals surface area contributed by atoms with Crippen molar-refractivity contribution >= 4 is 32.3 Å². The van der Waals surface area contributed by atoms with Crippen molar-refractivity contribution in [3.05, 3.63) is 68.2 Å². The van der Waals surface area contributed by atoms with E-state index in [4.69, 9.17) is 11.6 Å². The van der Waals surface area contributed by atoms with Crippen LogP contribution in [0.15, 0.2) is 40.3 Å². The number of nitrogens with zero attached hydrogens (tertiary/aromatic N) is 3. The number of sulfone groups is 1. The minimum atomic E-state index is -4.65. The first kappa shape index (κ1) is 26.6. The number of likely N-dealkylation sites (tertiary alicyclic amines) is 1. The molecule has 0 atom stereocenters. The number of rotatable bonds is 6. The van der Waals surface area contributed by atoms with E-state index in [2.05, 4.69) is 4.98 Å². The van der Waals surface area contributed by atoms with Crippen LogP contribution < -0.4 is 5.56 Å². The summed E-state index contributed by atoms with van der Waals surface area (Å²) in [7, 11) is -3.62. The zero-order chi connectivity index (χ0) is 26.3. The average molecular weight is 542 g/mol. The first-order chi connectivity index (χ1) is 16.9. The van der Waals surface area contributed by atoms with Crippen LogP contribution in [0.2, 0.25) is 5.02 Å². The van der Waals surface area contributed by atoms with Crippen LogP contribution >= 0.6 is 11.6 Å². The summed E-state index contributed by atoms with van der Waals surface area (Å²) < 4.78 is 68.6. The maximum absolute atomic E-state index is 14.1. The van der Waals surface area contributed by atoms with Crippen molar-refractivity contribution in [1.82, 2.24) is 14.5 Å². The lowest BCUT2D eigenvalue weighted by atomic mass is 9.96. The van der Waals surface area contributed by atoms with Crippen molar-refractivity contribution in [3.8, 4) is 0 Å². The second kappa shape index (κ2) is 10.1. The molecule has 1 aliphatic heterocycles. The number of alkyl halides is 3. The molecule has 1 saturated heterocycles. The maximum Gasteiger partial charge on any atom is 0.416 e. The Labute approximate surface area is 212 Å². The van der Waals surface area contributed by atoms with E-state index in [9.17, 15) is 26.4 Å². The maximum atomic E-state index is 14.1. The van der Waals surface area contributed by atoms with E-state index in [0.29, 0.717) is 5.56 Å². The molecular weight excluding hydrogens is 515 g/mol. The fraction of sp³-hybridized carbons (Fsp3) is 0.440. The summed E-state index contributed by atoms with van der Waals surface area (Å²) >= 11 is 6.07. The van der Waals surface area contributed by atoms with E-state index in [0.717, 1.165) is 43.0 Å². The van der Waals surface area contributed by atoms with Crippen molar-refractivity contribution in [2.75, 3.05) is 18.8 Å². The van der Waals surface area contributed by atoms with Gasteiger partial charge in [-0.05, 0) is 73.8 Å². The summed E-state index contributed by atoms with van der Waals surface area (Å²) in [5.74, 6) is -0.152. The molecule has 2 aromatic carbocycles. The van der Waals surface area contributed by atoms with Gasteiger partial charge in [-0.15, -0.1) is 0 Å². The summed E-state index contributed by atoms with van der Waals surface area (Å²) in [6.07, 6.45) is -0.452. The molecule has 0 amide bonds. The number of aromatic nitrogens is 2. The number of aryl methyl sites for hydroxylation is 1. The molecule has 0 spiro atoms. The third-order valence-corrected chi connectivity index (χ3v) is 8.77. The normalized spacial score (nSPS) is 15.5. The summed E-state index contributed by atoms with van der Waals surface area (Å²) in [5, 5.41) is 0.117. The standard InChI is InChI=1S/C25H27ClF3N3O3S/c1-3-36(34,35)22-8-7-18(26)11-17(22)13-32-15-30-23-16(2)20(14-31-9-5-4-6-10-31)21(25(27,28)29)12-19(23)24(32)33/h7-8,11-12,15H,3-6,9-10,13-14H2,1-2H3. The molecule has 194 valence electrons. The van der Waals surface area contributed by atoms with Crippen LogP contribution in [0.1, 0.15) is 48.4 Å². The van der Waals surface area contributed by atoms with Gasteiger partial charge in [0.25, 0.3) is 5.56 Å². The third-order valence-electron chi connectivity index (χ3n) is 6.71. The van der Waals surface area contributed by atoms with Gasteiger partial charge < -0.3 is 0 Å². The summed E-state index contributed by atoms with van der Waals surface area (Å²) in [6.45, 7) is 4.46. The van der Waals surface area contributed by atoms with Crippen LogP contribution in [0.25, 0.3) is 10.9 Å². The van der Waals surface area contributed by atoms with E-state index in [1.54, 1.807) is 6.92 Å². The van der Waals surface area contributed by atoms with Crippen LogP contribution in [-0.4, -0.2) is 41.7 Å². The number of piperidine rings is 1. The first-order valence-electron chi connectivity index (χ1n) is 11.7. The van der Waals surface area contributed by atoms with Crippen molar-refractivity contribution in [2.45, 2.75) is 57.3 Å². The van der Waals surface area contributed by atoms with Crippen molar-refractivity contribution in [3.63, 3.8) is 0 Å². The van der Waals surface area contributed by atoms with Crippen molar-refractivity contribution in [1.29, 1.82) is 0 Å². The molecule has 1 aromatic heterocycles. The fourth-order valence-electron chi connectivity index (χ4n) is 4.74. The zero-order valence-electron chi connectivity index (χ0n) is 20.0. The zero-order valence-corrected chi connectivity index (χ0v) is 21.6. The Kier molecular flexibility index (Phi) is 7.50. The number of hydrogen-bond donors (Lipinski definition) is 0. The molecule has 0 unspecified atom stereocenters. The molecule has 6 nitrogen and oxygen atoms in total. The van der Waals surface area contributed by atoms with Gasteiger partial charge in [-0.2, -0.15) is 13.2 Å². The van der Waals surface area contributed by atoms with E-state index in [-0.39, 0.29) is 50.8 Å². The van der Waals surface area contributed by atoms with Gasteiger partial charge in [-0.3, -0.25) is 14.3 Å². The molecule has 1 fully saturated rings. The van der Waals surface area contributed by atoms with Gasteiger partial charge in [0, 0.05) is 11.6 Å². The lowest BCUT2D eigenvalue weighted by molar-refractivity contribution is -0.138. The molecule has 0 N–H and O–H groups in total. The van der Waals surface area contributed by atoms with E-state index in [1.165, 1.54) is 31.5 Å². The predicted molar refractivity (Wildman–Crippen MR) is 133 cm³/mol. The Bertz CT molecular complexity index is 1460. The minimum absolute atomic E-state index is 0.0189. The average Bonchev–Trinajstić information content (AvgIpc) is 2.82. The predicted octanol–water partition coefficient (Wildman–Crippen LogP) is 5.20. The van der Waals surface area contributed by atoms with E-state index in [1.807, 2.05) is 4.90 Å². The lowest BCUT2D eigenvalue weighted by Crippen LogP contribution is -2.31. The molecule has 11 heteroatoms. The lowest BCUT2D eigenvalue weighted by Gasteiger charge is -2.28. The van der Waals surface area contributed by atoms with Gasteiger partial charge in [-0.1, -0.05) is 24.9 Å². The first-order valence-corrected chi connectivity index (χ1v) is 13.8. The minimum Gasteiger partial charge on any atom is -0.299 e. The topological polar surface area (TPSA) is 72.3 Å². The number of fused-ring (bicyclic) bond motifs is 1. The molecule has 36 heavy (non-hydrogen) atoms. The smallest absolute Gasteiger partial charge is 0.299 e. The van der Waals surface area contributed by atoms with Crippen LogP contribution in [0, 0.1) is 6.92 Å². The van der Waals surface area contributed by atoms with E-state index < -0.39 is 27.1 Å². The molecule has 0 saturated carbocycles. The van der Waals surface area contributed by atoms with Gasteiger partial charge in [0.2, 0.25) is 0 Å². The molecule has 1 aliphatic rings. The largest absolute Gasteiger partial charge is 0.416 e. The Morgan fingerprint density at radius 1 is 1.08 bits per heavy atom. The molecule has 3 aromatic rings. The highest BCUT2D eigenvalue weighted by atomic mass is 35.5. The second-order valence-electron chi connectivity index (χ2n) is 9.09. The van der Waals surface area contributed by atoms with Gasteiger partial charge in [-0.25, -0.2) is 13.4 Å². The highest BCUT2D eigenvalue weighted by Crippen LogP contribution is 2.37.